The number of methoxy groups -OCH3 is 1. The van der Waals surface area contributed by atoms with Gasteiger partial charge in [-0.3, -0.25) is 0 Å². The molecule has 1 saturated heterocycles. The molecule has 1 atom stereocenters. The van der Waals surface area contributed by atoms with Gasteiger partial charge in [0.05, 0.1) is 6.10 Å². The van der Waals surface area contributed by atoms with E-state index in [4.69, 9.17) is 4.74 Å². The smallest absolute Gasteiger partial charge is 0.0718 e. The van der Waals surface area contributed by atoms with Gasteiger partial charge in [0.2, 0.25) is 0 Å². The zero-order valence-electron chi connectivity index (χ0n) is 4.93. The third kappa shape index (κ3) is 1.56. The Morgan fingerprint density at radius 3 is 2.75 bits per heavy atom. The first kappa shape index (κ1) is 6.77. The van der Waals surface area contributed by atoms with E-state index < -0.39 is 0 Å². The SMILES string of the molecule is COC1CCN(I)C1. The van der Waals surface area contributed by atoms with Gasteiger partial charge in [-0.15, -0.1) is 0 Å². The van der Waals surface area contributed by atoms with Crippen molar-refractivity contribution in [1.82, 2.24) is 3.11 Å². The fourth-order valence-corrected chi connectivity index (χ4v) is 1.60. The van der Waals surface area contributed by atoms with Crippen LogP contribution in [0.2, 0.25) is 0 Å². The lowest BCUT2D eigenvalue weighted by molar-refractivity contribution is 0.116. The highest BCUT2D eigenvalue weighted by molar-refractivity contribution is 14.1. The Bertz CT molecular complexity index is 78.8. The number of nitrogens with zero attached hydrogens (tertiary/aromatic N) is 1. The lowest BCUT2D eigenvalue weighted by atomic mass is 10.3. The molecule has 0 aromatic carbocycles. The first-order valence-electron chi connectivity index (χ1n) is 2.76. The summed E-state index contributed by atoms with van der Waals surface area (Å²) in [4.78, 5) is 0. The average Bonchev–Trinajstić information content (AvgIpc) is 2.14. The molecule has 1 unspecified atom stereocenters. The second-order valence-electron chi connectivity index (χ2n) is 2.02. The molecule has 0 aromatic heterocycles. The molecule has 0 amide bonds. The van der Waals surface area contributed by atoms with Crippen LogP contribution in [0.25, 0.3) is 0 Å². The summed E-state index contributed by atoms with van der Waals surface area (Å²) in [5.74, 6) is 0. The van der Waals surface area contributed by atoms with Crippen molar-refractivity contribution in [2.24, 2.45) is 0 Å². The zero-order valence-corrected chi connectivity index (χ0v) is 7.09. The molecule has 0 N–H and O–H groups in total. The van der Waals surface area contributed by atoms with E-state index in [0.29, 0.717) is 6.10 Å². The van der Waals surface area contributed by atoms with Crippen molar-refractivity contribution in [3.8, 4) is 0 Å². The lowest BCUT2D eigenvalue weighted by Crippen LogP contribution is -2.12. The van der Waals surface area contributed by atoms with Crippen LogP contribution in [0.15, 0.2) is 0 Å². The first-order valence-corrected chi connectivity index (χ1v) is 3.73. The largest absolute Gasteiger partial charge is 0.380 e. The topological polar surface area (TPSA) is 12.5 Å². The van der Waals surface area contributed by atoms with Crippen molar-refractivity contribution in [3.63, 3.8) is 0 Å². The maximum absolute atomic E-state index is 5.14. The summed E-state index contributed by atoms with van der Waals surface area (Å²) < 4.78 is 7.39. The molecule has 48 valence electrons. The number of halogens is 1. The Kier molecular flexibility index (Phi) is 2.52. The van der Waals surface area contributed by atoms with Crippen LogP contribution in [0.4, 0.5) is 0 Å². The van der Waals surface area contributed by atoms with E-state index in [1.54, 1.807) is 7.11 Å². The number of hydrogen-bond donors (Lipinski definition) is 0. The first-order chi connectivity index (χ1) is 3.83. The quantitative estimate of drug-likeness (QED) is 0.490. The lowest BCUT2D eigenvalue weighted by Gasteiger charge is -2.04. The predicted octanol–water partition coefficient (Wildman–Crippen LogP) is 1.06. The van der Waals surface area contributed by atoms with E-state index in [0.717, 1.165) is 6.54 Å². The molecule has 1 aliphatic heterocycles. The summed E-state index contributed by atoms with van der Waals surface area (Å²) >= 11 is 2.32. The van der Waals surface area contributed by atoms with Crippen LogP contribution >= 0.6 is 22.9 Å². The highest BCUT2D eigenvalue weighted by Gasteiger charge is 2.18. The predicted molar refractivity (Wildman–Crippen MR) is 41.0 cm³/mol. The molecule has 0 aromatic rings. The minimum atomic E-state index is 0.492. The number of hydrogen-bond acceptors (Lipinski definition) is 2. The Morgan fingerprint density at radius 1 is 1.75 bits per heavy atom. The number of rotatable bonds is 1. The minimum absolute atomic E-state index is 0.492. The Labute approximate surface area is 63.7 Å². The van der Waals surface area contributed by atoms with Crippen molar-refractivity contribution in [2.45, 2.75) is 12.5 Å². The molecule has 8 heavy (non-hydrogen) atoms. The van der Waals surface area contributed by atoms with Gasteiger partial charge >= 0.3 is 0 Å². The summed E-state index contributed by atoms with van der Waals surface area (Å²) in [6.45, 7) is 2.27. The molecule has 0 aliphatic carbocycles. The highest BCUT2D eigenvalue weighted by atomic mass is 127. The molecule has 1 heterocycles. The van der Waals surface area contributed by atoms with Gasteiger partial charge in [-0.2, -0.15) is 0 Å². The molecule has 0 radical (unpaired) electrons. The maximum atomic E-state index is 5.14. The second-order valence-corrected chi connectivity index (χ2v) is 3.38. The van der Waals surface area contributed by atoms with Crippen molar-refractivity contribution < 1.29 is 4.74 Å². The average molecular weight is 227 g/mol. The normalized spacial score (nSPS) is 31.5. The fraction of sp³-hybridized carbons (Fsp3) is 1.00. The van der Waals surface area contributed by atoms with E-state index >= 15 is 0 Å². The molecule has 1 fully saturated rings. The van der Waals surface area contributed by atoms with Crippen LogP contribution in [-0.2, 0) is 4.74 Å². The minimum Gasteiger partial charge on any atom is -0.380 e. The van der Waals surface area contributed by atoms with E-state index in [-0.39, 0.29) is 0 Å². The molecule has 0 bridgehead atoms. The summed E-state index contributed by atoms with van der Waals surface area (Å²) in [7, 11) is 1.78. The molecular weight excluding hydrogens is 217 g/mol. The van der Waals surface area contributed by atoms with Crippen LogP contribution in [-0.4, -0.2) is 29.4 Å². The molecule has 3 heteroatoms. The Hall–Kier alpha value is 0.650. The summed E-state index contributed by atoms with van der Waals surface area (Å²) in [6.07, 6.45) is 1.69. The summed E-state index contributed by atoms with van der Waals surface area (Å²) in [5, 5.41) is 0. The molecule has 0 spiro atoms. The van der Waals surface area contributed by atoms with Gasteiger partial charge in [0, 0.05) is 43.1 Å². The maximum Gasteiger partial charge on any atom is 0.0718 e. The monoisotopic (exact) mass is 227 g/mol. The third-order valence-electron chi connectivity index (χ3n) is 1.43. The van der Waals surface area contributed by atoms with Crippen LogP contribution in [0.5, 0.6) is 0 Å². The van der Waals surface area contributed by atoms with E-state index in [1.165, 1.54) is 13.0 Å². The van der Waals surface area contributed by atoms with Crippen molar-refractivity contribution >= 4 is 22.9 Å². The highest BCUT2D eigenvalue weighted by Crippen LogP contribution is 2.14. The van der Waals surface area contributed by atoms with Gasteiger partial charge < -0.3 is 4.74 Å². The van der Waals surface area contributed by atoms with Crippen LogP contribution in [0.3, 0.4) is 0 Å². The van der Waals surface area contributed by atoms with Gasteiger partial charge in [-0.05, 0) is 6.42 Å². The second kappa shape index (κ2) is 2.98. The van der Waals surface area contributed by atoms with E-state index in [2.05, 4.69) is 26.0 Å². The van der Waals surface area contributed by atoms with Crippen molar-refractivity contribution in [3.05, 3.63) is 0 Å². The van der Waals surface area contributed by atoms with Gasteiger partial charge in [0.1, 0.15) is 0 Å². The molecule has 1 rings (SSSR count). The summed E-state index contributed by atoms with van der Waals surface area (Å²) in [6, 6.07) is 0. The zero-order chi connectivity index (χ0) is 5.98. The van der Waals surface area contributed by atoms with Crippen molar-refractivity contribution in [2.75, 3.05) is 20.2 Å². The van der Waals surface area contributed by atoms with Crippen LogP contribution < -0.4 is 0 Å². The number of ether oxygens (including phenoxy) is 1. The fourth-order valence-electron chi connectivity index (χ4n) is 0.880. The van der Waals surface area contributed by atoms with Gasteiger partial charge in [-0.25, -0.2) is 3.11 Å². The molecular formula is C5H10INO. The molecule has 1 aliphatic rings. The van der Waals surface area contributed by atoms with Crippen molar-refractivity contribution in [1.29, 1.82) is 0 Å². The Morgan fingerprint density at radius 2 is 2.50 bits per heavy atom. The van der Waals surface area contributed by atoms with Gasteiger partial charge in [0.25, 0.3) is 0 Å². The Balaban J connectivity index is 2.22. The van der Waals surface area contributed by atoms with Crippen LogP contribution in [0.1, 0.15) is 6.42 Å². The van der Waals surface area contributed by atoms with Gasteiger partial charge in [-0.1, -0.05) is 0 Å². The van der Waals surface area contributed by atoms with Crippen LogP contribution in [0, 0.1) is 0 Å². The van der Waals surface area contributed by atoms with E-state index in [9.17, 15) is 0 Å². The van der Waals surface area contributed by atoms with E-state index in [1.807, 2.05) is 0 Å². The summed E-state index contributed by atoms with van der Waals surface area (Å²) in [5.41, 5.74) is 0. The molecule has 0 saturated carbocycles. The standard InChI is InChI=1S/C5H10INO/c1-8-5-2-3-7(6)4-5/h5H,2-4H2,1H3. The molecule has 2 nitrogen and oxygen atoms in total. The van der Waals surface area contributed by atoms with Gasteiger partial charge in [0.15, 0.2) is 0 Å². The third-order valence-corrected chi connectivity index (χ3v) is 2.31.